The summed E-state index contributed by atoms with van der Waals surface area (Å²) in [6.45, 7) is 6.88. The second-order valence-electron chi connectivity index (χ2n) is 5.87. The average molecular weight is 289 g/mol. The quantitative estimate of drug-likeness (QED) is 0.942. The van der Waals surface area contributed by atoms with Gasteiger partial charge in [0.1, 0.15) is 0 Å². The fourth-order valence-electron chi connectivity index (χ4n) is 3.57. The van der Waals surface area contributed by atoms with E-state index in [1.54, 1.807) is 17.6 Å². The zero-order valence-corrected chi connectivity index (χ0v) is 12.4. The predicted molar refractivity (Wildman–Crippen MR) is 79.5 cm³/mol. The molecule has 106 valence electrons. The smallest absolute Gasteiger partial charge is 0.162 e. The van der Waals surface area contributed by atoms with Crippen molar-refractivity contribution in [3.8, 4) is 10.8 Å². The summed E-state index contributed by atoms with van der Waals surface area (Å²) < 4.78 is 5.41. The zero-order chi connectivity index (χ0) is 13.5. The van der Waals surface area contributed by atoms with E-state index in [0.717, 1.165) is 29.1 Å². The van der Waals surface area contributed by atoms with Crippen LogP contribution in [0.3, 0.4) is 0 Å². The summed E-state index contributed by atoms with van der Waals surface area (Å²) in [7, 11) is 0. The number of hydrogen-bond donors (Lipinski definition) is 1. The molecule has 0 bridgehead atoms. The molecular weight excluding hydrogens is 270 g/mol. The highest BCUT2D eigenvalue weighted by Gasteiger charge is 2.41. The van der Waals surface area contributed by atoms with E-state index in [1.807, 2.05) is 12.1 Å². The van der Waals surface area contributed by atoms with E-state index in [4.69, 9.17) is 9.40 Å². The van der Waals surface area contributed by atoms with Crippen LogP contribution in [0.15, 0.2) is 28.2 Å². The third-order valence-corrected chi connectivity index (χ3v) is 5.61. The Morgan fingerprint density at radius 2 is 2.45 bits per heavy atom. The summed E-state index contributed by atoms with van der Waals surface area (Å²) in [5, 5.41) is 6.66. The van der Waals surface area contributed by atoms with Gasteiger partial charge in [-0.3, -0.25) is 4.90 Å². The second-order valence-corrected chi connectivity index (χ2v) is 6.73. The molecular formula is C15H19N3OS. The third-order valence-electron chi connectivity index (χ3n) is 4.71. The molecule has 2 fully saturated rings. The Hall–Kier alpha value is -1.17. The first kappa shape index (κ1) is 12.6. The predicted octanol–water partition coefficient (Wildman–Crippen LogP) is 2.44. The molecule has 0 spiro atoms. The molecule has 5 heteroatoms. The van der Waals surface area contributed by atoms with E-state index in [1.165, 1.54) is 25.3 Å². The first-order valence-corrected chi connectivity index (χ1v) is 8.12. The van der Waals surface area contributed by atoms with Gasteiger partial charge in [-0.25, -0.2) is 4.98 Å². The van der Waals surface area contributed by atoms with Gasteiger partial charge in [0.25, 0.3) is 0 Å². The summed E-state index contributed by atoms with van der Waals surface area (Å²) in [6.07, 6.45) is 1.70. The van der Waals surface area contributed by atoms with E-state index in [0.29, 0.717) is 6.04 Å². The number of likely N-dealkylation sites (tertiary alicyclic amines) is 1. The molecule has 0 aliphatic carbocycles. The summed E-state index contributed by atoms with van der Waals surface area (Å²) >= 11 is 1.67. The van der Waals surface area contributed by atoms with Crippen LogP contribution < -0.4 is 5.32 Å². The Bertz CT molecular complexity index is 580. The normalized spacial score (nSPS) is 29.9. The second kappa shape index (κ2) is 4.98. The lowest BCUT2D eigenvalue weighted by molar-refractivity contribution is 0.229. The number of furan rings is 1. The van der Waals surface area contributed by atoms with Crippen molar-refractivity contribution in [1.29, 1.82) is 0 Å². The van der Waals surface area contributed by atoms with Crippen LogP contribution in [0.4, 0.5) is 0 Å². The summed E-state index contributed by atoms with van der Waals surface area (Å²) in [6, 6.07) is 4.54. The first-order chi connectivity index (χ1) is 9.81. The number of fused-ring (bicyclic) bond motifs is 1. The Labute approximate surface area is 122 Å². The van der Waals surface area contributed by atoms with Crippen molar-refractivity contribution in [2.75, 3.05) is 19.6 Å². The molecule has 1 N–H and O–H groups in total. The van der Waals surface area contributed by atoms with Gasteiger partial charge in [-0.05, 0) is 44.0 Å². The molecule has 0 aromatic carbocycles. The van der Waals surface area contributed by atoms with Crippen molar-refractivity contribution < 1.29 is 4.42 Å². The maximum atomic E-state index is 5.41. The minimum atomic E-state index is 0.656. The van der Waals surface area contributed by atoms with E-state index in [-0.39, 0.29) is 0 Å². The maximum absolute atomic E-state index is 5.41. The minimum absolute atomic E-state index is 0.656. The molecule has 0 amide bonds. The fraction of sp³-hybridized carbons (Fsp3) is 0.533. The van der Waals surface area contributed by atoms with Crippen LogP contribution in [0.5, 0.6) is 0 Å². The average Bonchev–Trinajstić information content (AvgIpc) is 3.19. The van der Waals surface area contributed by atoms with Gasteiger partial charge in [-0.15, -0.1) is 11.3 Å². The number of rotatable bonds is 3. The number of hydrogen-bond acceptors (Lipinski definition) is 5. The molecule has 3 atom stereocenters. The van der Waals surface area contributed by atoms with Crippen LogP contribution in [0.2, 0.25) is 0 Å². The summed E-state index contributed by atoms with van der Waals surface area (Å²) in [4.78, 5) is 7.29. The largest absolute Gasteiger partial charge is 0.462 e. The van der Waals surface area contributed by atoms with Crippen molar-refractivity contribution in [1.82, 2.24) is 15.2 Å². The Kier molecular flexibility index (Phi) is 3.13. The van der Waals surface area contributed by atoms with Crippen LogP contribution in [-0.4, -0.2) is 35.6 Å². The van der Waals surface area contributed by atoms with Gasteiger partial charge >= 0.3 is 0 Å². The SMILES string of the molecule is CC1C2CNCC2CN1Cc1csc(-c2ccco2)n1. The van der Waals surface area contributed by atoms with E-state index >= 15 is 0 Å². The molecule has 3 unspecified atom stereocenters. The van der Waals surface area contributed by atoms with E-state index in [9.17, 15) is 0 Å². The van der Waals surface area contributed by atoms with Gasteiger partial charge in [0.15, 0.2) is 10.8 Å². The molecule has 0 saturated carbocycles. The van der Waals surface area contributed by atoms with Crippen LogP contribution in [0.1, 0.15) is 12.6 Å². The van der Waals surface area contributed by atoms with Crippen LogP contribution in [0, 0.1) is 11.8 Å². The molecule has 2 aliphatic rings. The van der Waals surface area contributed by atoms with Gasteiger partial charge in [0.05, 0.1) is 12.0 Å². The number of nitrogens with zero attached hydrogens (tertiary/aromatic N) is 2. The molecule has 20 heavy (non-hydrogen) atoms. The maximum Gasteiger partial charge on any atom is 0.162 e. The standard InChI is InChI=1S/C15H19N3OS/c1-10-13-6-16-5-11(13)7-18(10)8-12-9-20-15(17-12)14-3-2-4-19-14/h2-4,9-11,13,16H,5-8H2,1H3. The molecule has 4 heterocycles. The zero-order valence-electron chi connectivity index (χ0n) is 11.6. The Balaban J connectivity index is 1.47. The highest BCUT2D eigenvalue weighted by Crippen LogP contribution is 2.33. The summed E-state index contributed by atoms with van der Waals surface area (Å²) in [5.41, 5.74) is 1.17. The molecule has 2 aromatic rings. The molecule has 0 radical (unpaired) electrons. The van der Waals surface area contributed by atoms with Crippen LogP contribution in [0.25, 0.3) is 10.8 Å². The molecule has 2 aromatic heterocycles. The van der Waals surface area contributed by atoms with Gasteiger partial charge in [0.2, 0.25) is 0 Å². The number of thiazole rings is 1. The van der Waals surface area contributed by atoms with E-state index < -0.39 is 0 Å². The topological polar surface area (TPSA) is 41.3 Å². The fourth-order valence-corrected chi connectivity index (χ4v) is 4.34. The van der Waals surface area contributed by atoms with E-state index in [2.05, 4.69) is 22.5 Å². The van der Waals surface area contributed by atoms with Crippen LogP contribution >= 0.6 is 11.3 Å². The summed E-state index contributed by atoms with van der Waals surface area (Å²) in [5.74, 6) is 2.52. The van der Waals surface area contributed by atoms with Crippen molar-refractivity contribution in [2.45, 2.75) is 19.5 Å². The number of nitrogens with one attached hydrogen (secondary N) is 1. The molecule has 2 saturated heterocycles. The highest BCUT2D eigenvalue weighted by molar-refractivity contribution is 7.13. The van der Waals surface area contributed by atoms with Crippen molar-refractivity contribution >= 4 is 11.3 Å². The van der Waals surface area contributed by atoms with Gasteiger partial charge in [-0.1, -0.05) is 0 Å². The molecule has 4 nitrogen and oxygen atoms in total. The first-order valence-electron chi connectivity index (χ1n) is 7.24. The van der Waals surface area contributed by atoms with Gasteiger partial charge in [-0.2, -0.15) is 0 Å². The minimum Gasteiger partial charge on any atom is -0.462 e. The van der Waals surface area contributed by atoms with Gasteiger partial charge < -0.3 is 9.73 Å². The molecule has 2 aliphatic heterocycles. The van der Waals surface area contributed by atoms with Gasteiger partial charge in [0, 0.05) is 24.5 Å². The lowest BCUT2D eigenvalue weighted by atomic mass is 9.95. The Morgan fingerprint density at radius 3 is 3.25 bits per heavy atom. The number of aromatic nitrogens is 1. The van der Waals surface area contributed by atoms with Crippen molar-refractivity contribution in [2.24, 2.45) is 11.8 Å². The van der Waals surface area contributed by atoms with Crippen molar-refractivity contribution in [3.05, 3.63) is 29.5 Å². The monoisotopic (exact) mass is 289 g/mol. The molecule has 4 rings (SSSR count). The van der Waals surface area contributed by atoms with Crippen LogP contribution in [-0.2, 0) is 6.54 Å². The third kappa shape index (κ3) is 2.10. The lowest BCUT2D eigenvalue weighted by Crippen LogP contribution is -2.32. The highest BCUT2D eigenvalue weighted by atomic mass is 32.1. The Morgan fingerprint density at radius 1 is 1.50 bits per heavy atom. The lowest BCUT2D eigenvalue weighted by Gasteiger charge is -2.23. The van der Waals surface area contributed by atoms with Crippen molar-refractivity contribution in [3.63, 3.8) is 0 Å².